The first-order chi connectivity index (χ1) is 18.5. The third-order valence-corrected chi connectivity index (χ3v) is 5.93. The number of carbonyl (C=O) groups excluding carboxylic acids is 4. The molecule has 0 spiro atoms. The summed E-state index contributed by atoms with van der Waals surface area (Å²) < 4.78 is 21.4. The van der Waals surface area contributed by atoms with Gasteiger partial charge in [-0.25, -0.2) is 0 Å². The summed E-state index contributed by atoms with van der Waals surface area (Å²) in [4.78, 5) is 50.1. The molecule has 1 fully saturated rings. The zero-order chi connectivity index (χ0) is 27.2. The summed E-state index contributed by atoms with van der Waals surface area (Å²) in [6, 6.07) is 4.62. The molecule has 0 aromatic heterocycles. The van der Waals surface area contributed by atoms with Crippen molar-refractivity contribution in [3.05, 3.63) is 29.3 Å². The molecule has 1 aromatic rings. The predicted molar refractivity (Wildman–Crippen MR) is 136 cm³/mol. The van der Waals surface area contributed by atoms with Gasteiger partial charge in [-0.15, -0.1) is 0 Å². The highest BCUT2D eigenvalue weighted by molar-refractivity contribution is 6.05. The summed E-state index contributed by atoms with van der Waals surface area (Å²) in [7, 11) is 0. The molecule has 0 saturated carbocycles. The Labute approximate surface area is 221 Å². The minimum Gasteiger partial charge on any atom is -0.378 e. The van der Waals surface area contributed by atoms with Crippen LogP contribution in [-0.4, -0.2) is 107 Å². The number of benzene rings is 1. The molecule has 2 aliphatic rings. The number of imide groups is 1. The molecule has 38 heavy (non-hydrogen) atoms. The molecule has 2 heterocycles. The van der Waals surface area contributed by atoms with Gasteiger partial charge < -0.3 is 40.2 Å². The topological polar surface area (TPSA) is 171 Å². The minimum atomic E-state index is -0.658. The van der Waals surface area contributed by atoms with Crippen LogP contribution in [0, 0.1) is 0 Å². The van der Waals surface area contributed by atoms with Gasteiger partial charge in [-0.1, -0.05) is 6.07 Å². The smallest absolute Gasteiger partial charge is 0.255 e. The van der Waals surface area contributed by atoms with Gasteiger partial charge in [-0.2, -0.15) is 0 Å². The second-order valence-corrected chi connectivity index (χ2v) is 8.71. The van der Waals surface area contributed by atoms with Crippen LogP contribution in [0.5, 0.6) is 0 Å². The third kappa shape index (κ3) is 9.33. The molecule has 1 aromatic carbocycles. The van der Waals surface area contributed by atoms with Crippen LogP contribution >= 0.6 is 0 Å². The number of nitrogens with two attached hydrogens (primary N) is 1. The van der Waals surface area contributed by atoms with Gasteiger partial charge >= 0.3 is 0 Å². The van der Waals surface area contributed by atoms with Crippen LogP contribution in [0.2, 0.25) is 0 Å². The predicted octanol–water partition coefficient (Wildman–Crippen LogP) is -0.999. The van der Waals surface area contributed by atoms with Gasteiger partial charge in [-0.05, 0) is 24.1 Å². The first-order valence-electron chi connectivity index (χ1n) is 12.8. The number of piperidine rings is 1. The van der Waals surface area contributed by atoms with E-state index in [1.54, 1.807) is 18.2 Å². The van der Waals surface area contributed by atoms with E-state index in [0.717, 1.165) is 5.56 Å². The molecule has 210 valence electrons. The van der Waals surface area contributed by atoms with E-state index in [1.165, 1.54) is 4.90 Å². The molecule has 13 nitrogen and oxygen atoms in total. The van der Waals surface area contributed by atoms with Crippen molar-refractivity contribution in [2.24, 2.45) is 5.73 Å². The Hall–Kier alpha value is -3.10. The number of carbonyl (C=O) groups is 4. The van der Waals surface area contributed by atoms with Crippen molar-refractivity contribution in [1.29, 1.82) is 0 Å². The average Bonchev–Trinajstić information content (AvgIpc) is 3.23. The van der Waals surface area contributed by atoms with E-state index in [2.05, 4.69) is 16.0 Å². The van der Waals surface area contributed by atoms with E-state index in [4.69, 9.17) is 24.7 Å². The first kappa shape index (κ1) is 29.5. The number of fused-ring (bicyclic) bond motifs is 1. The lowest BCUT2D eigenvalue weighted by atomic mass is 10.0. The summed E-state index contributed by atoms with van der Waals surface area (Å²) in [5, 5.41) is 8.06. The summed E-state index contributed by atoms with van der Waals surface area (Å²) in [5.41, 5.74) is 7.23. The highest BCUT2D eigenvalue weighted by atomic mass is 16.6. The Morgan fingerprint density at radius 3 is 2.29 bits per heavy atom. The van der Waals surface area contributed by atoms with Crippen LogP contribution in [0.25, 0.3) is 0 Å². The quantitative estimate of drug-likeness (QED) is 0.135. The molecule has 13 heteroatoms. The standard InChI is InChI=1S/C25H37N5O8/c26-5-7-35-9-11-37-13-14-38-12-10-36-8-6-27-23(32)16-28-19-2-1-18-17-30(25(34)20(18)15-19)21-3-4-22(31)29-24(21)33/h1-2,15,21,28H,3-14,16-17,26H2,(H,27,32)(H,29,31,33). The van der Waals surface area contributed by atoms with E-state index < -0.39 is 11.9 Å². The van der Waals surface area contributed by atoms with Crippen LogP contribution in [0.3, 0.4) is 0 Å². The number of anilines is 1. The minimum absolute atomic E-state index is 0.0320. The average molecular weight is 536 g/mol. The van der Waals surface area contributed by atoms with Crippen molar-refractivity contribution in [2.75, 3.05) is 77.8 Å². The van der Waals surface area contributed by atoms with Gasteiger partial charge in [0, 0.05) is 37.3 Å². The van der Waals surface area contributed by atoms with Crippen molar-refractivity contribution in [1.82, 2.24) is 15.5 Å². The van der Waals surface area contributed by atoms with E-state index in [1.807, 2.05) is 0 Å². The molecule has 2 aliphatic heterocycles. The summed E-state index contributed by atoms with van der Waals surface area (Å²) in [6.45, 7) is 4.88. The summed E-state index contributed by atoms with van der Waals surface area (Å²) in [5.74, 6) is -1.24. The fourth-order valence-electron chi connectivity index (χ4n) is 4.02. The van der Waals surface area contributed by atoms with Crippen molar-refractivity contribution in [3.63, 3.8) is 0 Å². The van der Waals surface area contributed by atoms with Gasteiger partial charge in [0.1, 0.15) is 6.04 Å². The molecule has 1 unspecified atom stereocenters. The first-order valence-corrected chi connectivity index (χ1v) is 12.8. The largest absolute Gasteiger partial charge is 0.378 e. The van der Waals surface area contributed by atoms with Gasteiger partial charge in [0.05, 0.1) is 59.4 Å². The van der Waals surface area contributed by atoms with E-state index >= 15 is 0 Å². The van der Waals surface area contributed by atoms with Crippen LogP contribution in [-0.2, 0) is 39.9 Å². The Morgan fingerprint density at radius 2 is 1.63 bits per heavy atom. The van der Waals surface area contributed by atoms with Crippen molar-refractivity contribution >= 4 is 29.3 Å². The molecule has 5 N–H and O–H groups in total. The van der Waals surface area contributed by atoms with E-state index in [0.29, 0.717) is 90.2 Å². The van der Waals surface area contributed by atoms with E-state index in [9.17, 15) is 19.2 Å². The SMILES string of the molecule is NCCOCCOCCOCCOCCNC(=O)CNc1ccc2c(c1)C(=O)N(C1CCC(=O)NC1=O)C2. The number of hydrogen-bond donors (Lipinski definition) is 4. The highest BCUT2D eigenvalue weighted by Gasteiger charge is 2.39. The Kier molecular flexibility index (Phi) is 12.4. The van der Waals surface area contributed by atoms with Crippen LogP contribution in [0.15, 0.2) is 18.2 Å². The maximum Gasteiger partial charge on any atom is 0.255 e. The third-order valence-electron chi connectivity index (χ3n) is 5.93. The number of nitrogens with zero attached hydrogens (tertiary/aromatic N) is 1. The molecule has 0 bridgehead atoms. The van der Waals surface area contributed by atoms with Gasteiger partial charge in [-0.3, -0.25) is 24.5 Å². The Morgan fingerprint density at radius 1 is 0.974 bits per heavy atom. The monoisotopic (exact) mass is 535 g/mol. The number of nitrogens with one attached hydrogen (secondary N) is 3. The molecule has 0 radical (unpaired) electrons. The Balaban J connectivity index is 1.24. The number of amides is 4. The highest BCUT2D eigenvalue weighted by Crippen LogP contribution is 2.29. The second kappa shape index (κ2) is 16.0. The van der Waals surface area contributed by atoms with Gasteiger partial charge in [0.25, 0.3) is 5.91 Å². The Bertz CT molecular complexity index is 960. The van der Waals surface area contributed by atoms with Crippen LogP contribution < -0.4 is 21.7 Å². The number of hydrogen-bond acceptors (Lipinski definition) is 10. The second-order valence-electron chi connectivity index (χ2n) is 8.71. The van der Waals surface area contributed by atoms with Gasteiger partial charge in [0.2, 0.25) is 17.7 Å². The molecule has 1 saturated heterocycles. The lowest BCUT2D eigenvalue weighted by Crippen LogP contribution is -2.52. The molecule has 3 rings (SSSR count). The number of ether oxygens (including phenoxy) is 4. The molecule has 0 aliphatic carbocycles. The lowest BCUT2D eigenvalue weighted by molar-refractivity contribution is -0.137. The maximum absolute atomic E-state index is 12.9. The number of rotatable bonds is 18. The maximum atomic E-state index is 12.9. The van der Waals surface area contributed by atoms with E-state index in [-0.39, 0.29) is 30.7 Å². The van der Waals surface area contributed by atoms with Crippen LogP contribution in [0.4, 0.5) is 5.69 Å². The zero-order valence-electron chi connectivity index (χ0n) is 21.5. The zero-order valence-corrected chi connectivity index (χ0v) is 21.5. The fraction of sp³-hybridized carbons (Fsp3) is 0.600. The fourth-order valence-corrected chi connectivity index (χ4v) is 4.02. The van der Waals surface area contributed by atoms with Gasteiger partial charge in [0.15, 0.2) is 0 Å². The lowest BCUT2D eigenvalue weighted by Gasteiger charge is -2.29. The molecular weight excluding hydrogens is 498 g/mol. The summed E-state index contributed by atoms with van der Waals surface area (Å²) in [6.07, 6.45) is 0.521. The van der Waals surface area contributed by atoms with Crippen molar-refractivity contribution < 1.29 is 38.1 Å². The van der Waals surface area contributed by atoms with Crippen molar-refractivity contribution in [3.8, 4) is 0 Å². The normalized spacial score (nSPS) is 16.9. The molecule has 4 amide bonds. The van der Waals surface area contributed by atoms with Crippen molar-refractivity contribution in [2.45, 2.75) is 25.4 Å². The molecular formula is C25H37N5O8. The summed E-state index contributed by atoms with van der Waals surface area (Å²) >= 11 is 0. The van der Waals surface area contributed by atoms with Crippen LogP contribution in [0.1, 0.15) is 28.8 Å². The molecule has 1 atom stereocenters.